The number of benzene rings is 1. The molecule has 0 aromatic heterocycles. The van der Waals surface area contributed by atoms with Crippen molar-refractivity contribution in [3.63, 3.8) is 0 Å². The average Bonchev–Trinajstić information content (AvgIpc) is 2.42. The van der Waals surface area contributed by atoms with E-state index in [0.29, 0.717) is 18.0 Å². The summed E-state index contributed by atoms with van der Waals surface area (Å²) in [6.07, 6.45) is 1.23. The second kappa shape index (κ2) is 8.55. The number of halogens is 1. The van der Waals surface area contributed by atoms with Gasteiger partial charge in [-0.25, -0.2) is 0 Å². The number of carboxylic acids is 1. The van der Waals surface area contributed by atoms with E-state index in [-0.39, 0.29) is 12.5 Å². The lowest BCUT2D eigenvalue weighted by atomic mass is 10.1. The monoisotopic (exact) mass is 298 g/mol. The lowest BCUT2D eigenvalue weighted by molar-refractivity contribution is -0.139. The Morgan fingerprint density at radius 2 is 2.05 bits per heavy atom. The molecule has 1 rings (SSSR count). The smallest absolute Gasteiger partial charge is 0.320 e. The molecule has 0 bridgehead atoms. The summed E-state index contributed by atoms with van der Waals surface area (Å²) >= 11 is 5.97. The van der Waals surface area contributed by atoms with Crippen LogP contribution in [0.3, 0.4) is 0 Å². The van der Waals surface area contributed by atoms with Crippen molar-refractivity contribution in [2.75, 3.05) is 6.54 Å². The Morgan fingerprint density at radius 1 is 1.35 bits per heavy atom. The van der Waals surface area contributed by atoms with Crippen LogP contribution in [-0.2, 0) is 16.1 Å². The molecular weight excluding hydrogens is 280 g/mol. The molecule has 0 aliphatic heterocycles. The number of rotatable bonds is 8. The number of nitrogens with one attached hydrogen (secondary N) is 2. The predicted octanol–water partition coefficient (Wildman–Crippen LogP) is 1.80. The SMILES string of the molecule is CCCC(NCC(=O)NCc1ccccc1Cl)C(=O)O. The average molecular weight is 299 g/mol. The molecule has 1 aromatic rings. The van der Waals surface area contributed by atoms with Crippen LogP contribution in [0.15, 0.2) is 24.3 Å². The van der Waals surface area contributed by atoms with E-state index in [0.717, 1.165) is 12.0 Å². The van der Waals surface area contributed by atoms with Crippen molar-refractivity contribution in [2.45, 2.75) is 32.4 Å². The highest BCUT2D eigenvalue weighted by atomic mass is 35.5. The van der Waals surface area contributed by atoms with Gasteiger partial charge in [0.15, 0.2) is 0 Å². The molecule has 1 amide bonds. The zero-order valence-corrected chi connectivity index (χ0v) is 12.1. The highest BCUT2D eigenvalue weighted by Gasteiger charge is 2.16. The lowest BCUT2D eigenvalue weighted by Gasteiger charge is -2.13. The summed E-state index contributed by atoms with van der Waals surface area (Å²) in [4.78, 5) is 22.6. The number of amides is 1. The minimum absolute atomic E-state index is 0.0264. The Bertz CT molecular complexity index is 465. The predicted molar refractivity (Wildman–Crippen MR) is 77.6 cm³/mol. The van der Waals surface area contributed by atoms with E-state index in [1.807, 2.05) is 25.1 Å². The van der Waals surface area contributed by atoms with E-state index in [1.165, 1.54) is 0 Å². The van der Waals surface area contributed by atoms with Gasteiger partial charge in [0, 0.05) is 11.6 Å². The number of hydrogen-bond donors (Lipinski definition) is 3. The summed E-state index contributed by atoms with van der Waals surface area (Å²) < 4.78 is 0. The summed E-state index contributed by atoms with van der Waals surface area (Å²) in [6.45, 7) is 2.20. The Hall–Kier alpha value is -1.59. The van der Waals surface area contributed by atoms with Gasteiger partial charge in [0.2, 0.25) is 5.91 Å². The van der Waals surface area contributed by atoms with Gasteiger partial charge in [-0.05, 0) is 18.1 Å². The van der Waals surface area contributed by atoms with Gasteiger partial charge >= 0.3 is 5.97 Å². The minimum atomic E-state index is -0.939. The third-order valence-corrected chi connectivity index (χ3v) is 3.19. The van der Waals surface area contributed by atoms with Crippen LogP contribution in [0.4, 0.5) is 0 Å². The quantitative estimate of drug-likeness (QED) is 0.684. The van der Waals surface area contributed by atoms with E-state index in [1.54, 1.807) is 6.07 Å². The number of aliphatic carboxylic acids is 1. The number of hydrogen-bond acceptors (Lipinski definition) is 3. The molecule has 5 nitrogen and oxygen atoms in total. The van der Waals surface area contributed by atoms with Crippen molar-refractivity contribution in [3.05, 3.63) is 34.9 Å². The van der Waals surface area contributed by atoms with Crippen LogP contribution in [0.2, 0.25) is 5.02 Å². The molecule has 0 spiro atoms. The zero-order chi connectivity index (χ0) is 15.0. The van der Waals surface area contributed by atoms with Crippen molar-refractivity contribution in [1.29, 1.82) is 0 Å². The van der Waals surface area contributed by atoms with Crippen molar-refractivity contribution in [3.8, 4) is 0 Å². The first kappa shape index (κ1) is 16.5. The fraction of sp³-hybridized carbons (Fsp3) is 0.429. The van der Waals surface area contributed by atoms with Crippen LogP contribution >= 0.6 is 11.6 Å². The van der Waals surface area contributed by atoms with E-state index < -0.39 is 12.0 Å². The van der Waals surface area contributed by atoms with Crippen molar-refractivity contribution >= 4 is 23.5 Å². The van der Waals surface area contributed by atoms with E-state index in [9.17, 15) is 9.59 Å². The normalized spacial score (nSPS) is 11.9. The molecule has 6 heteroatoms. The standard InChI is InChI=1S/C14H19ClN2O3/c1-2-5-12(14(19)20)16-9-13(18)17-8-10-6-3-4-7-11(10)15/h3-4,6-7,12,16H,2,5,8-9H2,1H3,(H,17,18)(H,19,20). The van der Waals surface area contributed by atoms with Gasteiger partial charge in [-0.3, -0.25) is 14.9 Å². The number of carbonyl (C=O) groups excluding carboxylic acids is 1. The molecular formula is C14H19ClN2O3. The van der Waals surface area contributed by atoms with Crippen LogP contribution in [-0.4, -0.2) is 29.6 Å². The van der Waals surface area contributed by atoms with Crippen LogP contribution in [0.25, 0.3) is 0 Å². The molecule has 20 heavy (non-hydrogen) atoms. The van der Waals surface area contributed by atoms with E-state index in [4.69, 9.17) is 16.7 Å². The van der Waals surface area contributed by atoms with E-state index >= 15 is 0 Å². The van der Waals surface area contributed by atoms with Gasteiger partial charge in [0.05, 0.1) is 6.54 Å². The van der Waals surface area contributed by atoms with Crippen LogP contribution in [0, 0.1) is 0 Å². The third-order valence-electron chi connectivity index (χ3n) is 2.82. The molecule has 110 valence electrons. The summed E-state index contributed by atoms with van der Waals surface area (Å²) in [5.74, 6) is -1.20. The molecule has 0 aliphatic carbocycles. The fourth-order valence-corrected chi connectivity index (χ4v) is 1.92. The van der Waals surface area contributed by atoms with Crippen LogP contribution in [0.1, 0.15) is 25.3 Å². The highest BCUT2D eigenvalue weighted by Crippen LogP contribution is 2.14. The molecule has 1 aromatic carbocycles. The lowest BCUT2D eigenvalue weighted by Crippen LogP contribution is -2.42. The minimum Gasteiger partial charge on any atom is -0.480 e. The van der Waals surface area contributed by atoms with Gasteiger partial charge in [0.25, 0.3) is 0 Å². The molecule has 0 heterocycles. The second-order valence-corrected chi connectivity index (χ2v) is 4.84. The van der Waals surface area contributed by atoms with E-state index in [2.05, 4.69) is 10.6 Å². The van der Waals surface area contributed by atoms with Crippen LogP contribution < -0.4 is 10.6 Å². The Balaban J connectivity index is 2.37. The molecule has 0 saturated carbocycles. The Labute approximate surface area is 123 Å². The van der Waals surface area contributed by atoms with Crippen molar-refractivity contribution < 1.29 is 14.7 Å². The van der Waals surface area contributed by atoms with Crippen molar-refractivity contribution in [1.82, 2.24) is 10.6 Å². The molecule has 1 atom stereocenters. The summed E-state index contributed by atoms with van der Waals surface area (Å²) in [7, 11) is 0. The third kappa shape index (κ3) is 5.59. The van der Waals surface area contributed by atoms with Gasteiger partial charge in [-0.15, -0.1) is 0 Å². The fourth-order valence-electron chi connectivity index (χ4n) is 1.72. The van der Waals surface area contributed by atoms with Gasteiger partial charge in [-0.1, -0.05) is 43.1 Å². The molecule has 1 unspecified atom stereocenters. The maximum Gasteiger partial charge on any atom is 0.320 e. The molecule has 0 fully saturated rings. The van der Waals surface area contributed by atoms with Gasteiger partial charge < -0.3 is 10.4 Å². The first-order chi connectivity index (χ1) is 9.54. The Morgan fingerprint density at radius 3 is 2.65 bits per heavy atom. The molecule has 0 saturated heterocycles. The zero-order valence-electron chi connectivity index (χ0n) is 11.4. The Kier molecular flexibility index (Phi) is 7.04. The largest absolute Gasteiger partial charge is 0.480 e. The summed E-state index contributed by atoms with van der Waals surface area (Å²) in [6, 6.07) is 6.55. The first-order valence-corrected chi connectivity index (χ1v) is 6.88. The second-order valence-electron chi connectivity index (χ2n) is 4.43. The van der Waals surface area contributed by atoms with Crippen molar-refractivity contribution in [2.24, 2.45) is 0 Å². The maximum absolute atomic E-state index is 11.6. The number of carbonyl (C=O) groups is 2. The number of carboxylic acid groups (broad SMARTS) is 1. The maximum atomic E-state index is 11.6. The molecule has 0 radical (unpaired) electrons. The first-order valence-electron chi connectivity index (χ1n) is 6.51. The van der Waals surface area contributed by atoms with Crippen LogP contribution in [0.5, 0.6) is 0 Å². The summed E-state index contributed by atoms with van der Waals surface area (Å²) in [5.41, 5.74) is 0.825. The summed E-state index contributed by atoms with van der Waals surface area (Å²) in [5, 5.41) is 15.0. The molecule has 3 N–H and O–H groups in total. The highest BCUT2D eigenvalue weighted by molar-refractivity contribution is 6.31. The van der Waals surface area contributed by atoms with Gasteiger partial charge in [0.1, 0.15) is 6.04 Å². The van der Waals surface area contributed by atoms with Gasteiger partial charge in [-0.2, -0.15) is 0 Å². The molecule has 0 aliphatic rings. The topological polar surface area (TPSA) is 78.4 Å².